The molecule has 49 nitrogen and oxygen atoms in total. The fourth-order valence-electron chi connectivity index (χ4n) is 14.8. The third-order valence-electron chi connectivity index (χ3n) is 23.5. The Kier molecular flexibility index (Phi) is 33.5. The van der Waals surface area contributed by atoms with Crippen LogP contribution in [0.25, 0.3) is 49.5 Å². The standard InChI is InChI=1S/C45H59N13O12P2Si.C27H42N12O10P2Si.2CH5N.2CH4/c1-26(2)29(59)20-32-52-40-36(42(61)53-32)51-25-58(40)43-27(3)33-30(68-43)21-66-72(63,64-18-13-16-46)56-34-31(22-67-71(62,55-33)65-19-17-47-7)69-44(37(34)70-73(8,9)45(4,5)6)57-24-50-35-38(48-23-49-39(35)57)54-41(60)28-14-11-10-12-15-28;1-12-15-13(47-24(12)39-11-33-18-22(39)34-26(29)35-23(18)40)7-45-51(43,44)37-16-14(8-46-50(41,42)36-15)48-25(19(16)49-52(5,6)27(2,3)4)38-10-32-17-20(28)30-9-31-21(17)38;2*1-2;;/h10-12,14-15,23-27,30-31,33-34,37,43-44H,13,17-22H2,1-6,8-9H3,(H,55,62)(H,56,63)(H,52,53,61)(H,48,49,54,60);9-16,19,24-25H,7-8H2,1-6H3,(H2,28,30,31)(H2,36,41,42)(H2,37,43,44)(H3,29,34,35,40);2*2H2,1H3;2*1H4/p-2/t27-,30-,31-,33+,34-,37-,43-,44-,71?,72?;12-,13-,14-,15+,16-,19-,24-,25-;;;;/m11..../s1. The molecule has 0 bridgehead atoms. The predicted molar refractivity (Wildman–Crippen MR) is 481 cm³/mol. The molecule has 15 N–H and O–H groups in total. The summed E-state index contributed by atoms with van der Waals surface area (Å²) in [6, 6.07) is 6.18. The molecule has 0 saturated carbocycles. The molecule has 131 heavy (non-hydrogen) atoms. The van der Waals surface area contributed by atoms with Gasteiger partial charge in [-0.2, -0.15) is 10.2 Å². The van der Waals surface area contributed by atoms with Gasteiger partial charge in [0, 0.05) is 29.4 Å². The number of anilines is 3. The van der Waals surface area contributed by atoms with Gasteiger partial charge in [0.05, 0.1) is 95.4 Å². The van der Waals surface area contributed by atoms with E-state index in [0.29, 0.717) is 11.2 Å². The molecule has 1 aromatic carbocycles. The molecule has 718 valence electrons. The summed E-state index contributed by atoms with van der Waals surface area (Å²) >= 11 is 0. The van der Waals surface area contributed by atoms with E-state index in [1.54, 1.807) is 67.2 Å². The number of amides is 1. The van der Waals surface area contributed by atoms with Gasteiger partial charge in [-0.15, -0.1) is 0 Å². The van der Waals surface area contributed by atoms with Crippen molar-refractivity contribution < 1.29 is 92.6 Å². The van der Waals surface area contributed by atoms with Gasteiger partial charge in [0.15, 0.2) is 79.9 Å². The number of aromatic amines is 2. The highest BCUT2D eigenvalue weighted by Gasteiger charge is 2.58. The molecule has 14 heterocycles. The van der Waals surface area contributed by atoms with Crippen LogP contribution in [0.1, 0.15) is 132 Å². The van der Waals surface area contributed by atoms with Crippen molar-refractivity contribution in [3.05, 3.63) is 112 Å². The van der Waals surface area contributed by atoms with Gasteiger partial charge in [0.2, 0.25) is 28.0 Å². The Labute approximate surface area is 757 Å². The minimum absolute atomic E-state index is 0. The number of aromatic nitrogens is 16. The largest absolute Gasteiger partial charge is 0.766 e. The van der Waals surface area contributed by atoms with Crippen LogP contribution in [0.15, 0.2) is 77.9 Å². The van der Waals surface area contributed by atoms with Gasteiger partial charge >= 0.3 is 15.5 Å². The number of fused-ring (bicyclic) bond motifs is 8. The zero-order chi connectivity index (χ0) is 94.0. The number of nitrogens with two attached hydrogens (primary N) is 4. The van der Waals surface area contributed by atoms with E-state index in [9.17, 15) is 43.4 Å². The van der Waals surface area contributed by atoms with Crippen molar-refractivity contribution in [3.8, 4) is 6.07 Å². The van der Waals surface area contributed by atoms with E-state index in [2.05, 4.69) is 102 Å². The van der Waals surface area contributed by atoms with Gasteiger partial charge in [-0.25, -0.2) is 75.8 Å². The molecule has 6 fully saturated rings. The lowest BCUT2D eigenvalue weighted by atomic mass is 10.00. The van der Waals surface area contributed by atoms with Crippen molar-refractivity contribution in [3.63, 3.8) is 0 Å². The number of H-pyrrole nitrogens is 2. The Morgan fingerprint density at radius 1 is 0.595 bits per heavy atom. The molecule has 6 aliphatic heterocycles. The zero-order valence-corrected chi connectivity index (χ0v) is 79.3. The summed E-state index contributed by atoms with van der Waals surface area (Å²) in [6.45, 7) is 31.6. The lowest BCUT2D eigenvalue weighted by molar-refractivity contribution is -0.209. The van der Waals surface area contributed by atoms with Crippen LogP contribution in [0.3, 0.4) is 0 Å². The molecule has 6 saturated heterocycles. The van der Waals surface area contributed by atoms with E-state index < -0.39 is 189 Å². The average Bonchev–Trinajstić information content (AvgIpc) is 1.61. The molecular weight excluding hydrogens is 1820 g/mol. The van der Waals surface area contributed by atoms with Gasteiger partial charge in [0.1, 0.15) is 85.5 Å². The van der Waals surface area contributed by atoms with Crippen LogP contribution in [-0.4, -0.2) is 227 Å². The fourth-order valence-corrected chi connectivity index (χ4v) is 22.9. The molecule has 0 spiro atoms. The van der Waals surface area contributed by atoms with Crippen LogP contribution in [0.2, 0.25) is 36.3 Å². The molecule has 8 aromatic heterocycles. The number of ketones is 1. The molecule has 15 rings (SSSR count). The Morgan fingerprint density at radius 2 is 1.02 bits per heavy atom. The Bertz CT molecular complexity index is 5940. The SMILES string of the molecule is C.C.CN.CN.C[C@@H]1[C@@H]2NP(=O)([O-])OC[C@H]3O[C@@H](n4cnc5c(N)ncnc54)[C@H](O[Si](C)(C)C(C)(C)C)[C@@H]3NP(=O)([O-])OC[C@H]2O[C@H]1n1cnc2c(=O)[nH]c(N)nc21.[C-]#[N+]CCOP1(=O)N[C@H]2[C@@H](C)[C@H](n3cnc4c(=O)[nH]c(CC(=O)C(C)C)nc43)O[C@@H]2COP(=O)(OCCC#N)N[C@H]2[C@@H](O[Si](C)(C)C(C)(C)C)[C@H](n3cnc4c(NC(=O)c5ccccc5)ncnc43)O[C@@H]2CO1. The maximum Gasteiger partial charge on any atom is 0.406 e. The Balaban J connectivity index is 0.000000271. The quantitative estimate of drug-likeness (QED) is 0.0188. The number of ether oxygens (including phenoxy) is 4. The molecule has 6 aliphatic rings. The summed E-state index contributed by atoms with van der Waals surface area (Å²) in [6.07, 6.45) is -3.12. The first kappa shape index (κ1) is 104. The van der Waals surface area contributed by atoms with Crippen LogP contribution < -0.4 is 69.5 Å². The summed E-state index contributed by atoms with van der Waals surface area (Å²) in [5.41, 5.74) is 21.2. The van der Waals surface area contributed by atoms with Crippen molar-refractivity contribution >= 4 is 122 Å². The number of nitrogens with one attached hydrogen (secondary N) is 7. The number of imidazole rings is 4. The second-order valence-corrected chi connectivity index (χ2v) is 50.3. The highest BCUT2D eigenvalue weighted by molar-refractivity contribution is 7.52. The highest BCUT2D eigenvalue weighted by atomic mass is 31.2. The molecule has 0 radical (unpaired) electrons. The predicted octanol–water partition coefficient (Wildman–Crippen LogP) is 6.11. The maximum absolute atomic E-state index is 15.4. The lowest BCUT2D eigenvalue weighted by Crippen LogP contribution is -2.53. The molecule has 1 amide bonds. The second-order valence-electron chi connectivity index (χ2n) is 34.3. The monoisotopic (exact) mass is 1940 g/mol. The van der Waals surface area contributed by atoms with Gasteiger partial charge in [-0.05, 0) is 62.5 Å². The number of nitrogen functional groups attached to an aromatic ring is 2. The molecule has 4 unspecified atom stereocenters. The summed E-state index contributed by atoms with van der Waals surface area (Å²) in [5, 5.41) is 22.9. The number of nitrogens with zero attached hydrogens (tertiary/aromatic N) is 16. The molecule has 9 aromatic rings. The van der Waals surface area contributed by atoms with Crippen molar-refractivity contribution in [2.75, 3.05) is 77.1 Å². The summed E-state index contributed by atoms with van der Waals surface area (Å²) < 4.78 is 140. The van der Waals surface area contributed by atoms with E-state index in [1.165, 1.54) is 61.2 Å². The van der Waals surface area contributed by atoms with Gasteiger partial charge in [0.25, 0.3) is 17.0 Å². The van der Waals surface area contributed by atoms with E-state index in [1.807, 2.05) is 73.8 Å². The van der Waals surface area contributed by atoms with Gasteiger partial charge < -0.3 is 84.7 Å². The van der Waals surface area contributed by atoms with Crippen LogP contribution in [0.4, 0.5) is 17.6 Å². The number of rotatable bonds is 19. The van der Waals surface area contributed by atoms with Crippen molar-refractivity contribution in [1.29, 1.82) is 5.26 Å². The minimum Gasteiger partial charge on any atom is -0.766 e. The molecule has 0 aliphatic carbocycles. The second kappa shape index (κ2) is 42.1. The number of Topliss-reactive ketones (excluding diaryl/α,β-unsaturated/α-hetero) is 1. The fraction of sp³-hybridized carbons (Fsp3) is 0.605. The first-order valence-electron chi connectivity index (χ1n) is 41.2. The summed E-state index contributed by atoms with van der Waals surface area (Å²) in [5.74, 6) is -2.06. The van der Waals surface area contributed by atoms with Crippen LogP contribution in [0, 0.1) is 35.7 Å². The number of hydrogen-bond donors (Lipinski definition) is 11. The van der Waals surface area contributed by atoms with Gasteiger partial charge in [-0.3, -0.25) is 74.7 Å². The minimum atomic E-state index is -4.96. The summed E-state index contributed by atoms with van der Waals surface area (Å²) in [7, 11) is -21.4. The third-order valence-corrected chi connectivity index (χ3v) is 37.9. The Hall–Kier alpha value is -8.71. The van der Waals surface area contributed by atoms with Gasteiger partial charge in [-0.1, -0.05) is 102 Å². The molecule has 55 heteroatoms. The maximum atomic E-state index is 15.4. The average molecular weight is 1940 g/mol. The number of carbonyl (C=O) groups is 2. The molecular formula is C76H117N27O22P4Si2-2. The van der Waals surface area contributed by atoms with Crippen molar-refractivity contribution in [2.24, 2.45) is 29.2 Å². The topological polar surface area (TPSA) is 666 Å². The number of hydrogen-bond acceptors (Lipinski definition) is 37. The normalized spacial score (nSPS) is 29.5. The zero-order valence-electron chi connectivity index (χ0n) is 73.8. The smallest absolute Gasteiger partial charge is 0.406 e. The van der Waals surface area contributed by atoms with Crippen molar-refractivity contribution in [2.45, 2.75) is 219 Å². The van der Waals surface area contributed by atoms with E-state index in [4.69, 9.17) is 73.0 Å². The first-order chi connectivity index (χ1) is 60.9. The van der Waals surface area contributed by atoms with Crippen molar-refractivity contribution in [1.82, 2.24) is 98.4 Å². The molecule has 20 atom stereocenters. The lowest BCUT2D eigenvalue weighted by Gasteiger charge is -2.42. The highest BCUT2D eigenvalue weighted by Crippen LogP contribution is 2.56. The first-order valence-corrected chi connectivity index (χ1v) is 53.2. The number of nitriles is 1. The Morgan fingerprint density at radius 3 is 1.52 bits per heavy atom. The van der Waals surface area contributed by atoms with E-state index >= 15 is 9.13 Å². The van der Waals surface area contributed by atoms with Crippen LogP contribution >= 0.6 is 31.0 Å². The third kappa shape index (κ3) is 22.8. The van der Waals surface area contributed by atoms with Crippen LogP contribution in [0.5, 0.6) is 0 Å². The number of benzene rings is 1. The number of carbonyl (C=O) groups excluding carboxylic acids is 2. The van der Waals surface area contributed by atoms with E-state index in [-0.39, 0.29) is 132 Å². The van der Waals surface area contributed by atoms with Crippen LogP contribution in [-0.2, 0) is 84.4 Å². The van der Waals surface area contributed by atoms with E-state index in [0.717, 1.165) is 0 Å². The summed E-state index contributed by atoms with van der Waals surface area (Å²) in [4.78, 5) is 131.